The summed E-state index contributed by atoms with van der Waals surface area (Å²) in [7, 11) is 0. The maximum absolute atomic E-state index is 14.2. The monoisotopic (exact) mass is 400 g/mol. The van der Waals surface area contributed by atoms with Gasteiger partial charge in [0.2, 0.25) is 0 Å². The second kappa shape index (κ2) is 6.52. The van der Waals surface area contributed by atoms with Crippen LogP contribution in [-0.4, -0.2) is 53.8 Å². The molecule has 5 nitrogen and oxygen atoms in total. The van der Waals surface area contributed by atoms with Crippen molar-refractivity contribution >= 4 is 22.0 Å². The second-order valence-corrected chi connectivity index (χ2v) is 8.14. The predicted molar refractivity (Wildman–Crippen MR) is 91.6 cm³/mol. The standard InChI is InChI=1S/C17H22BrFN2O3/c1-17(2,3)24-16(22)21-5-4-20-9-13-14(19)6-11(18)7-15(13)23-10-12(20)8-21/h6-7,12H,4-5,8-10H2,1-3H3/t12-/m1/s1. The summed E-state index contributed by atoms with van der Waals surface area (Å²) in [5, 5.41) is 0. The zero-order chi connectivity index (χ0) is 17.5. The van der Waals surface area contributed by atoms with Gasteiger partial charge < -0.3 is 14.4 Å². The third-order valence-electron chi connectivity index (χ3n) is 4.17. The van der Waals surface area contributed by atoms with Gasteiger partial charge in [0.05, 0.1) is 6.04 Å². The van der Waals surface area contributed by atoms with Crippen LogP contribution in [0.3, 0.4) is 0 Å². The van der Waals surface area contributed by atoms with Crippen LogP contribution in [0, 0.1) is 5.82 Å². The summed E-state index contributed by atoms with van der Waals surface area (Å²) >= 11 is 3.30. The zero-order valence-electron chi connectivity index (χ0n) is 14.1. The molecule has 2 aliphatic heterocycles. The molecule has 0 saturated carbocycles. The van der Waals surface area contributed by atoms with E-state index >= 15 is 0 Å². The highest BCUT2D eigenvalue weighted by molar-refractivity contribution is 9.10. The average molecular weight is 401 g/mol. The fraction of sp³-hybridized carbons (Fsp3) is 0.588. The van der Waals surface area contributed by atoms with Crippen molar-refractivity contribution in [1.82, 2.24) is 9.80 Å². The van der Waals surface area contributed by atoms with Gasteiger partial charge in [-0.1, -0.05) is 15.9 Å². The Bertz CT molecular complexity index is 647. The van der Waals surface area contributed by atoms with Crippen molar-refractivity contribution in [3.05, 3.63) is 28.0 Å². The summed E-state index contributed by atoms with van der Waals surface area (Å²) in [4.78, 5) is 16.1. The lowest BCUT2D eigenvalue weighted by Crippen LogP contribution is -2.56. The Hall–Kier alpha value is -1.34. The minimum absolute atomic E-state index is 0.0249. The van der Waals surface area contributed by atoms with E-state index in [0.29, 0.717) is 48.6 Å². The van der Waals surface area contributed by atoms with Gasteiger partial charge in [0, 0.05) is 36.2 Å². The van der Waals surface area contributed by atoms with Crippen LogP contribution in [0.25, 0.3) is 0 Å². The third-order valence-corrected chi connectivity index (χ3v) is 4.63. The minimum atomic E-state index is -0.514. The number of ether oxygens (including phenoxy) is 2. The van der Waals surface area contributed by atoms with Gasteiger partial charge in [-0.05, 0) is 32.9 Å². The molecule has 132 valence electrons. The molecule has 1 aromatic rings. The van der Waals surface area contributed by atoms with Crippen molar-refractivity contribution in [2.24, 2.45) is 0 Å². The molecule has 0 aromatic heterocycles. The highest BCUT2D eigenvalue weighted by atomic mass is 79.9. The lowest BCUT2D eigenvalue weighted by atomic mass is 10.1. The van der Waals surface area contributed by atoms with Gasteiger partial charge in [0.1, 0.15) is 23.8 Å². The molecule has 1 aromatic carbocycles. The Morgan fingerprint density at radius 3 is 2.83 bits per heavy atom. The smallest absolute Gasteiger partial charge is 0.410 e. The number of carbonyl (C=O) groups excluding carboxylic acids is 1. The van der Waals surface area contributed by atoms with E-state index in [4.69, 9.17) is 9.47 Å². The fourth-order valence-electron chi connectivity index (χ4n) is 3.00. The zero-order valence-corrected chi connectivity index (χ0v) is 15.7. The molecule has 0 bridgehead atoms. The van der Waals surface area contributed by atoms with Crippen molar-refractivity contribution < 1.29 is 18.7 Å². The molecule has 1 atom stereocenters. The molecule has 2 heterocycles. The molecule has 3 rings (SSSR count). The summed E-state index contributed by atoms with van der Waals surface area (Å²) in [6, 6.07) is 3.28. The molecule has 7 heteroatoms. The van der Waals surface area contributed by atoms with Crippen LogP contribution in [0.5, 0.6) is 5.75 Å². The number of nitrogens with zero attached hydrogens (tertiary/aromatic N) is 2. The van der Waals surface area contributed by atoms with Gasteiger partial charge in [0.25, 0.3) is 0 Å². The first-order valence-electron chi connectivity index (χ1n) is 8.05. The van der Waals surface area contributed by atoms with Crippen LogP contribution in [0.15, 0.2) is 16.6 Å². The van der Waals surface area contributed by atoms with Gasteiger partial charge >= 0.3 is 6.09 Å². The van der Waals surface area contributed by atoms with Crippen LogP contribution < -0.4 is 4.74 Å². The number of piperazine rings is 1. The first-order valence-corrected chi connectivity index (χ1v) is 8.85. The second-order valence-electron chi connectivity index (χ2n) is 7.23. The molecular formula is C17H22BrFN2O3. The molecule has 0 unspecified atom stereocenters. The van der Waals surface area contributed by atoms with E-state index in [-0.39, 0.29) is 18.0 Å². The Kier molecular flexibility index (Phi) is 4.75. The topological polar surface area (TPSA) is 42.0 Å². The lowest BCUT2D eigenvalue weighted by Gasteiger charge is -2.40. The van der Waals surface area contributed by atoms with Crippen LogP contribution >= 0.6 is 15.9 Å². The maximum Gasteiger partial charge on any atom is 0.410 e. The Morgan fingerprint density at radius 1 is 1.38 bits per heavy atom. The first kappa shape index (κ1) is 17.5. The van der Waals surface area contributed by atoms with Crippen molar-refractivity contribution in [3.63, 3.8) is 0 Å². The normalized spacial score (nSPS) is 21.4. The first-order chi connectivity index (χ1) is 11.2. The molecule has 0 aliphatic carbocycles. The number of rotatable bonds is 0. The number of carbonyl (C=O) groups is 1. The summed E-state index contributed by atoms with van der Waals surface area (Å²) in [5.41, 5.74) is 0.0613. The third kappa shape index (κ3) is 3.83. The van der Waals surface area contributed by atoms with Gasteiger partial charge in [-0.3, -0.25) is 4.90 Å². The predicted octanol–water partition coefficient (Wildman–Crippen LogP) is 3.40. The maximum atomic E-state index is 14.2. The highest BCUT2D eigenvalue weighted by Crippen LogP contribution is 2.32. The summed E-state index contributed by atoms with van der Waals surface area (Å²) in [5.74, 6) is 0.301. The van der Waals surface area contributed by atoms with E-state index in [1.54, 1.807) is 11.0 Å². The summed E-state index contributed by atoms with van der Waals surface area (Å²) < 4.78 is 26.2. The van der Waals surface area contributed by atoms with E-state index in [2.05, 4.69) is 20.8 Å². The molecule has 0 radical (unpaired) electrons. The van der Waals surface area contributed by atoms with Gasteiger partial charge in [-0.25, -0.2) is 9.18 Å². The number of amides is 1. The van der Waals surface area contributed by atoms with E-state index in [1.807, 2.05) is 20.8 Å². The Balaban J connectivity index is 1.72. The number of hydrogen-bond donors (Lipinski definition) is 0. The summed E-state index contributed by atoms with van der Waals surface area (Å²) in [6.07, 6.45) is -0.308. The molecule has 1 amide bonds. The van der Waals surface area contributed by atoms with Crippen LogP contribution in [0.1, 0.15) is 26.3 Å². The van der Waals surface area contributed by atoms with E-state index < -0.39 is 5.60 Å². The minimum Gasteiger partial charge on any atom is -0.491 e. The Labute approximate surface area is 149 Å². The SMILES string of the molecule is CC(C)(C)OC(=O)N1CCN2Cc3c(F)cc(Br)cc3OC[C@H]2C1. The average Bonchev–Trinajstić information content (AvgIpc) is 2.64. The molecule has 1 saturated heterocycles. The molecule has 2 aliphatic rings. The van der Waals surface area contributed by atoms with Crippen molar-refractivity contribution in [3.8, 4) is 5.75 Å². The van der Waals surface area contributed by atoms with E-state index in [1.165, 1.54) is 6.07 Å². The molecule has 1 fully saturated rings. The van der Waals surface area contributed by atoms with Gasteiger partial charge in [-0.15, -0.1) is 0 Å². The number of fused-ring (bicyclic) bond motifs is 2. The number of halogens is 2. The molecule has 24 heavy (non-hydrogen) atoms. The van der Waals surface area contributed by atoms with Gasteiger partial charge in [-0.2, -0.15) is 0 Å². The van der Waals surface area contributed by atoms with Gasteiger partial charge in [0.15, 0.2) is 0 Å². The van der Waals surface area contributed by atoms with Crippen LogP contribution in [-0.2, 0) is 11.3 Å². The fourth-order valence-corrected chi connectivity index (χ4v) is 3.41. The van der Waals surface area contributed by atoms with Crippen LogP contribution in [0.4, 0.5) is 9.18 Å². The molecule has 0 spiro atoms. The van der Waals surface area contributed by atoms with Crippen molar-refractivity contribution in [2.75, 3.05) is 26.2 Å². The number of hydrogen-bond acceptors (Lipinski definition) is 4. The van der Waals surface area contributed by atoms with E-state index in [9.17, 15) is 9.18 Å². The highest BCUT2D eigenvalue weighted by Gasteiger charge is 2.35. The lowest BCUT2D eigenvalue weighted by molar-refractivity contribution is -0.00164. The Morgan fingerprint density at radius 2 is 2.12 bits per heavy atom. The number of benzene rings is 1. The molecule has 0 N–H and O–H groups in total. The van der Waals surface area contributed by atoms with Crippen molar-refractivity contribution in [1.29, 1.82) is 0 Å². The quantitative estimate of drug-likeness (QED) is 0.669. The largest absolute Gasteiger partial charge is 0.491 e. The summed E-state index contributed by atoms with van der Waals surface area (Å²) in [6.45, 7) is 8.23. The van der Waals surface area contributed by atoms with Crippen molar-refractivity contribution in [2.45, 2.75) is 39.0 Å². The molecular weight excluding hydrogens is 379 g/mol. The van der Waals surface area contributed by atoms with Crippen LogP contribution in [0.2, 0.25) is 0 Å². The van der Waals surface area contributed by atoms with E-state index in [0.717, 1.165) is 0 Å².